The third-order valence-electron chi connectivity index (χ3n) is 2.11. The van der Waals surface area contributed by atoms with Crippen molar-refractivity contribution in [1.82, 2.24) is 0 Å². The fourth-order valence-electron chi connectivity index (χ4n) is 1.45. The van der Waals surface area contributed by atoms with Gasteiger partial charge in [0, 0.05) is 17.5 Å². The second-order valence-electron chi connectivity index (χ2n) is 3.24. The molecule has 1 unspecified atom stereocenters. The zero-order valence-corrected chi connectivity index (χ0v) is 10.1. The minimum Gasteiger partial charge on any atom is -0.423 e. The molecular weight excluding hydrogens is 247 g/mol. The highest BCUT2D eigenvalue weighted by atomic mass is 32.7. The molecule has 1 atom stereocenters. The zero-order valence-electron chi connectivity index (χ0n) is 8.34. The van der Waals surface area contributed by atoms with Crippen molar-refractivity contribution >= 4 is 30.4 Å². The second kappa shape index (κ2) is 4.28. The third kappa shape index (κ3) is 2.26. The van der Waals surface area contributed by atoms with Crippen LogP contribution in [0, 0.1) is 6.92 Å². The largest absolute Gasteiger partial charge is 0.631 e. The van der Waals surface area contributed by atoms with E-state index in [0.29, 0.717) is 11.3 Å². The average Bonchev–Trinajstić information content (AvgIpc) is 2.15. The Morgan fingerprint density at radius 1 is 1.38 bits per heavy atom. The molecule has 0 N–H and O–H groups in total. The molecule has 2 aromatic rings. The first-order valence-corrected chi connectivity index (χ1v) is 6.78. The molecule has 0 amide bonds. The molecule has 0 aliphatic carbocycles. The van der Waals surface area contributed by atoms with E-state index in [9.17, 15) is 9.36 Å². The smallest absolute Gasteiger partial charge is 0.423 e. The van der Waals surface area contributed by atoms with Crippen molar-refractivity contribution in [3.8, 4) is 5.75 Å². The van der Waals surface area contributed by atoms with Crippen LogP contribution in [0.3, 0.4) is 0 Å². The van der Waals surface area contributed by atoms with E-state index < -0.39 is 12.9 Å². The lowest BCUT2D eigenvalue weighted by atomic mass is 10.1. The van der Waals surface area contributed by atoms with Crippen LogP contribution in [0.1, 0.15) is 5.56 Å². The molecule has 82 valence electrons. The van der Waals surface area contributed by atoms with Gasteiger partial charge in [-0.2, -0.15) is 0 Å². The van der Waals surface area contributed by atoms with Crippen LogP contribution in [0.5, 0.6) is 5.75 Å². The Bertz CT molecular complexity index is 620. The highest BCUT2D eigenvalue weighted by Gasteiger charge is 2.13. The molecule has 1 heterocycles. The summed E-state index contributed by atoms with van der Waals surface area (Å²) in [5, 5.41) is 0.821. The van der Waals surface area contributed by atoms with Gasteiger partial charge in [-0.1, -0.05) is 0 Å². The number of benzene rings is 1. The van der Waals surface area contributed by atoms with Gasteiger partial charge in [-0.3, -0.25) is 0 Å². The van der Waals surface area contributed by atoms with Crippen LogP contribution in [-0.2, 0) is 4.57 Å². The summed E-state index contributed by atoms with van der Waals surface area (Å²) in [5.74, 6) is 0.359. The molecule has 4 nitrogen and oxygen atoms in total. The van der Waals surface area contributed by atoms with E-state index >= 15 is 0 Å². The van der Waals surface area contributed by atoms with Gasteiger partial charge in [0.15, 0.2) is 18.0 Å². The Morgan fingerprint density at radius 3 is 2.81 bits per heavy atom. The minimum absolute atomic E-state index is 0.359. The number of rotatable bonds is 2. The molecule has 16 heavy (non-hydrogen) atoms. The highest BCUT2D eigenvalue weighted by molar-refractivity contribution is 8.39. The van der Waals surface area contributed by atoms with Crippen molar-refractivity contribution in [2.75, 3.05) is 0 Å². The molecular formula is C10H8O4PS+. The summed E-state index contributed by atoms with van der Waals surface area (Å²) in [6.07, 6.45) is 0. The fraction of sp³-hybridized carbons (Fsp3) is 0.100. The van der Waals surface area contributed by atoms with Crippen molar-refractivity contribution in [1.29, 1.82) is 0 Å². The van der Waals surface area contributed by atoms with E-state index in [1.165, 1.54) is 12.1 Å². The van der Waals surface area contributed by atoms with Gasteiger partial charge < -0.3 is 4.42 Å². The van der Waals surface area contributed by atoms with Crippen molar-refractivity contribution in [3.05, 3.63) is 40.2 Å². The van der Waals surface area contributed by atoms with Gasteiger partial charge in [-0.25, -0.2) is 9.32 Å². The topological polar surface area (TPSA) is 56.5 Å². The molecule has 0 bridgehead atoms. The molecule has 0 fully saturated rings. The van der Waals surface area contributed by atoms with Crippen LogP contribution in [0.4, 0.5) is 0 Å². The quantitative estimate of drug-likeness (QED) is 0.509. The van der Waals surface area contributed by atoms with Crippen molar-refractivity contribution in [3.63, 3.8) is 0 Å². The van der Waals surface area contributed by atoms with E-state index in [0.717, 1.165) is 10.9 Å². The van der Waals surface area contributed by atoms with Crippen LogP contribution in [-0.4, -0.2) is 0 Å². The summed E-state index contributed by atoms with van der Waals surface area (Å²) in [7, 11) is -2.02. The fourth-order valence-corrected chi connectivity index (χ4v) is 2.03. The predicted molar refractivity (Wildman–Crippen MR) is 64.4 cm³/mol. The summed E-state index contributed by atoms with van der Waals surface area (Å²) >= 11 is 3.64. The maximum Gasteiger partial charge on any atom is 0.631 e. The monoisotopic (exact) mass is 255 g/mol. The van der Waals surface area contributed by atoms with E-state index in [1.807, 2.05) is 6.92 Å². The SMILES string of the molecule is Cc1cc(=O)oc2cc(O[P+](=O)S)ccc12. The summed E-state index contributed by atoms with van der Waals surface area (Å²) in [6.45, 7) is 1.82. The molecule has 1 aromatic carbocycles. The van der Waals surface area contributed by atoms with Gasteiger partial charge in [0.05, 0.1) is 0 Å². The molecule has 0 spiro atoms. The first-order chi connectivity index (χ1) is 7.56. The van der Waals surface area contributed by atoms with E-state index in [2.05, 4.69) is 12.2 Å². The Morgan fingerprint density at radius 2 is 2.12 bits per heavy atom. The van der Waals surface area contributed by atoms with Crippen LogP contribution in [0.15, 0.2) is 33.5 Å². The summed E-state index contributed by atoms with van der Waals surface area (Å²) in [4.78, 5) is 11.2. The first kappa shape index (κ1) is 11.2. The van der Waals surface area contributed by atoms with Gasteiger partial charge >= 0.3 is 12.9 Å². The van der Waals surface area contributed by atoms with Crippen molar-refractivity contribution < 1.29 is 13.5 Å². The predicted octanol–water partition coefficient (Wildman–Crippen LogP) is 3.07. The van der Waals surface area contributed by atoms with Gasteiger partial charge in [0.1, 0.15) is 5.58 Å². The average molecular weight is 255 g/mol. The maximum absolute atomic E-state index is 11.2. The lowest BCUT2D eigenvalue weighted by Gasteiger charge is -1.99. The number of hydrogen-bond donors (Lipinski definition) is 1. The summed E-state index contributed by atoms with van der Waals surface area (Å²) in [5.41, 5.74) is 0.818. The first-order valence-electron chi connectivity index (χ1n) is 4.45. The summed E-state index contributed by atoms with van der Waals surface area (Å²) < 4.78 is 20.7. The second-order valence-corrected chi connectivity index (χ2v) is 4.87. The van der Waals surface area contributed by atoms with E-state index in [4.69, 9.17) is 8.94 Å². The molecule has 6 heteroatoms. The standard InChI is InChI=1S/C10H7O4PS/c1-6-4-10(11)13-9-5-7(14-15(12)16)2-3-8(6)9/h2-5H,1H3/p+1. The van der Waals surface area contributed by atoms with Gasteiger partial charge in [0.2, 0.25) is 0 Å². The van der Waals surface area contributed by atoms with Crippen molar-refractivity contribution in [2.45, 2.75) is 6.92 Å². The lowest BCUT2D eigenvalue weighted by molar-refractivity contribution is 0.518. The number of hydrogen-bond acceptors (Lipinski definition) is 4. The Labute approximate surface area is 97.3 Å². The van der Waals surface area contributed by atoms with Crippen LogP contribution in [0.25, 0.3) is 11.0 Å². The van der Waals surface area contributed by atoms with Crippen LogP contribution < -0.4 is 10.1 Å². The molecule has 0 radical (unpaired) electrons. The van der Waals surface area contributed by atoms with Crippen LogP contribution in [0.2, 0.25) is 0 Å². The molecule has 1 aromatic heterocycles. The number of thiol groups is 1. The lowest BCUT2D eigenvalue weighted by Crippen LogP contribution is -1.97. The van der Waals surface area contributed by atoms with Gasteiger partial charge in [-0.05, 0) is 29.2 Å². The molecule has 0 aliphatic heterocycles. The van der Waals surface area contributed by atoms with Gasteiger partial charge in [0.25, 0.3) is 0 Å². The normalized spacial score (nSPS) is 11.5. The number of fused-ring (bicyclic) bond motifs is 1. The number of aryl methyl sites for hydroxylation is 1. The molecule has 0 saturated heterocycles. The maximum atomic E-state index is 11.2. The summed E-state index contributed by atoms with van der Waals surface area (Å²) in [6, 6.07) is 6.34. The van der Waals surface area contributed by atoms with Crippen molar-refractivity contribution in [2.24, 2.45) is 0 Å². The Balaban J connectivity index is 2.61. The van der Waals surface area contributed by atoms with Gasteiger partial charge in [-0.15, -0.1) is 0 Å². The molecule has 2 rings (SSSR count). The van der Waals surface area contributed by atoms with E-state index in [-0.39, 0.29) is 0 Å². The highest BCUT2D eigenvalue weighted by Crippen LogP contribution is 2.32. The Kier molecular flexibility index (Phi) is 2.99. The van der Waals surface area contributed by atoms with E-state index in [1.54, 1.807) is 12.1 Å². The molecule has 0 saturated carbocycles. The Hall–Kier alpha value is -1.32. The minimum atomic E-state index is -2.02. The van der Waals surface area contributed by atoms with Crippen LogP contribution >= 0.6 is 19.5 Å². The molecule has 0 aliphatic rings. The third-order valence-corrected chi connectivity index (χ3v) is 2.72. The zero-order chi connectivity index (χ0) is 11.7.